The maximum Gasteiger partial charge on any atom is 0.289 e. The molecule has 164 valence electrons. The third kappa shape index (κ3) is 4.78. The molecule has 1 atom stereocenters. The second-order valence-corrected chi connectivity index (χ2v) is 8.10. The van der Waals surface area contributed by atoms with Gasteiger partial charge in [-0.15, -0.1) is 0 Å². The highest BCUT2D eigenvalue weighted by Gasteiger charge is 2.37. The molecule has 0 aliphatic carbocycles. The lowest BCUT2D eigenvalue weighted by molar-refractivity contribution is -0.134. The second-order valence-electron chi connectivity index (χ2n) is 8.10. The lowest BCUT2D eigenvalue weighted by atomic mass is 9.88. The Labute approximate surface area is 180 Å². The highest BCUT2D eigenvalue weighted by molar-refractivity contribution is 5.97. The molecule has 1 aromatic carbocycles. The molecular weight excluding hydrogens is 401 g/mol. The van der Waals surface area contributed by atoms with Gasteiger partial charge >= 0.3 is 0 Å². The fraction of sp³-hybridized carbons (Fsp3) is 0.435. The number of likely N-dealkylation sites (tertiary alicyclic amines) is 2. The van der Waals surface area contributed by atoms with E-state index >= 15 is 0 Å². The molecule has 2 fully saturated rings. The van der Waals surface area contributed by atoms with Crippen LogP contribution in [0.4, 0.5) is 4.39 Å². The molecule has 8 heteroatoms. The summed E-state index contributed by atoms with van der Waals surface area (Å²) in [7, 11) is 0. The molecule has 2 aliphatic rings. The molecule has 1 aromatic heterocycles. The van der Waals surface area contributed by atoms with Crippen molar-refractivity contribution in [2.24, 2.45) is 5.92 Å². The summed E-state index contributed by atoms with van der Waals surface area (Å²) < 4.78 is 18.4. The van der Waals surface area contributed by atoms with Gasteiger partial charge in [-0.2, -0.15) is 0 Å². The summed E-state index contributed by atoms with van der Waals surface area (Å²) in [5.74, 6) is -0.850. The smallest absolute Gasteiger partial charge is 0.289 e. The normalized spacial score (nSPS) is 18.1. The SMILES string of the molecule is O=C(NC(C(=O)N1CCCC1)C1CCN(C(=O)c2ccco2)CC1)c1ccc(F)cc1. The van der Waals surface area contributed by atoms with E-state index in [4.69, 9.17) is 4.42 Å². The molecule has 3 heterocycles. The maximum atomic E-state index is 13.2. The van der Waals surface area contributed by atoms with Gasteiger partial charge in [0.1, 0.15) is 11.9 Å². The van der Waals surface area contributed by atoms with Gasteiger partial charge in [-0.1, -0.05) is 0 Å². The van der Waals surface area contributed by atoms with Crippen LogP contribution in [0.2, 0.25) is 0 Å². The number of carbonyl (C=O) groups is 3. The number of rotatable bonds is 5. The predicted octanol–water partition coefficient (Wildman–Crippen LogP) is 2.69. The van der Waals surface area contributed by atoms with Gasteiger partial charge in [-0.05, 0) is 68.0 Å². The van der Waals surface area contributed by atoms with E-state index in [0.29, 0.717) is 50.3 Å². The molecular formula is C23H26FN3O4. The van der Waals surface area contributed by atoms with Crippen LogP contribution in [-0.4, -0.2) is 59.7 Å². The fourth-order valence-corrected chi connectivity index (χ4v) is 4.33. The highest BCUT2D eigenvalue weighted by atomic mass is 19.1. The predicted molar refractivity (Wildman–Crippen MR) is 111 cm³/mol. The maximum absolute atomic E-state index is 13.2. The topological polar surface area (TPSA) is 82.9 Å². The second kappa shape index (κ2) is 9.32. The van der Waals surface area contributed by atoms with Gasteiger partial charge in [0, 0.05) is 31.7 Å². The standard InChI is InChI=1S/C23H26FN3O4/c24-18-7-5-17(6-8-18)21(28)25-20(23(30)26-11-1-2-12-26)16-9-13-27(14-10-16)22(29)19-4-3-15-31-19/h3-8,15-16,20H,1-2,9-14H2,(H,25,28). The molecule has 31 heavy (non-hydrogen) atoms. The van der Waals surface area contributed by atoms with Crippen LogP contribution in [0.5, 0.6) is 0 Å². The van der Waals surface area contributed by atoms with Crippen LogP contribution in [0.25, 0.3) is 0 Å². The Morgan fingerprint density at radius 3 is 2.26 bits per heavy atom. The third-order valence-corrected chi connectivity index (χ3v) is 6.11. The van der Waals surface area contributed by atoms with E-state index in [9.17, 15) is 18.8 Å². The number of halogens is 1. The number of furan rings is 1. The lowest BCUT2D eigenvalue weighted by Crippen LogP contribution is -2.54. The first-order valence-electron chi connectivity index (χ1n) is 10.7. The minimum Gasteiger partial charge on any atom is -0.459 e. The van der Waals surface area contributed by atoms with Crippen molar-refractivity contribution in [1.29, 1.82) is 0 Å². The number of carbonyl (C=O) groups excluding carboxylic acids is 3. The van der Waals surface area contributed by atoms with Crippen molar-refractivity contribution in [2.45, 2.75) is 31.7 Å². The Hall–Kier alpha value is -3.16. The average molecular weight is 427 g/mol. The summed E-state index contributed by atoms with van der Waals surface area (Å²) in [6.07, 6.45) is 4.58. The zero-order valence-electron chi connectivity index (χ0n) is 17.3. The summed E-state index contributed by atoms with van der Waals surface area (Å²) >= 11 is 0. The van der Waals surface area contributed by atoms with Gasteiger partial charge in [0.05, 0.1) is 6.26 Å². The average Bonchev–Trinajstić information content (AvgIpc) is 3.52. The largest absolute Gasteiger partial charge is 0.459 e. The molecule has 4 rings (SSSR count). The van der Waals surface area contributed by atoms with E-state index in [1.54, 1.807) is 21.9 Å². The summed E-state index contributed by atoms with van der Waals surface area (Å²) in [5.41, 5.74) is 0.311. The summed E-state index contributed by atoms with van der Waals surface area (Å²) in [5, 5.41) is 2.90. The van der Waals surface area contributed by atoms with Crippen LogP contribution in [0, 0.1) is 11.7 Å². The van der Waals surface area contributed by atoms with Crippen molar-refractivity contribution < 1.29 is 23.2 Å². The molecule has 2 aliphatic heterocycles. The summed E-state index contributed by atoms with van der Waals surface area (Å²) in [6, 6.07) is 7.92. The zero-order valence-corrected chi connectivity index (χ0v) is 17.3. The molecule has 1 unspecified atom stereocenters. The molecule has 0 spiro atoms. The van der Waals surface area contributed by atoms with E-state index in [1.165, 1.54) is 30.5 Å². The van der Waals surface area contributed by atoms with Gasteiger partial charge in [0.15, 0.2) is 5.76 Å². The third-order valence-electron chi connectivity index (χ3n) is 6.11. The Morgan fingerprint density at radius 1 is 0.968 bits per heavy atom. The first-order chi connectivity index (χ1) is 15.0. The van der Waals surface area contributed by atoms with Crippen LogP contribution in [0.15, 0.2) is 47.1 Å². The van der Waals surface area contributed by atoms with E-state index < -0.39 is 17.8 Å². The van der Waals surface area contributed by atoms with Gasteiger partial charge in [0.25, 0.3) is 11.8 Å². The number of hydrogen-bond donors (Lipinski definition) is 1. The van der Waals surface area contributed by atoms with Crippen LogP contribution in [0.3, 0.4) is 0 Å². The Balaban J connectivity index is 1.45. The van der Waals surface area contributed by atoms with Crippen molar-refractivity contribution in [1.82, 2.24) is 15.1 Å². The van der Waals surface area contributed by atoms with Crippen LogP contribution in [-0.2, 0) is 4.79 Å². The number of nitrogens with zero attached hydrogens (tertiary/aromatic N) is 2. The Kier molecular flexibility index (Phi) is 6.34. The van der Waals surface area contributed by atoms with Crippen molar-refractivity contribution in [3.63, 3.8) is 0 Å². The van der Waals surface area contributed by atoms with Gasteiger partial charge in [0.2, 0.25) is 5.91 Å². The highest BCUT2D eigenvalue weighted by Crippen LogP contribution is 2.25. The van der Waals surface area contributed by atoms with Crippen molar-refractivity contribution in [2.75, 3.05) is 26.2 Å². The van der Waals surface area contributed by atoms with E-state index in [0.717, 1.165) is 12.8 Å². The van der Waals surface area contributed by atoms with Crippen molar-refractivity contribution >= 4 is 17.7 Å². The van der Waals surface area contributed by atoms with Gasteiger partial charge in [-0.3, -0.25) is 14.4 Å². The van der Waals surface area contributed by atoms with Gasteiger partial charge in [-0.25, -0.2) is 4.39 Å². The molecule has 0 radical (unpaired) electrons. The zero-order chi connectivity index (χ0) is 21.8. The molecule has 3 amide bonds. The minimum absolute atomic E-state index is 0.0798. The monoisotopic (exact) mass is 427 g/mol. The lowest BCUT2D eigenvalue weighted by Gasteiger charge is -2.36. The van der Waals surface area contributed by atoms with Crippen LogP contribution >= 0.6 is 0 Å². The molecule has 2 aromatic rings. The molecule has 1 N–H and O–H groups in total. The van der Waals surface area contributed by atoms with Crippen molar-refractivity contribution in [3.8, 4) is 0 Å². The van der Waals surface area contributed by atoms with E-state index in [-0.39, 0.29) is 17.7 Å². The number of hydrogen-bond acceptors (Lipinski definition) is 4. The molecule has 2 saturated heterocycles. The quantitative estimate of drug-likeness (QED) is 0.795. The first-order valence-corrected chi connectivity index (χ1v) is 10.7. The minimum atomic E-state index is -0.670. The molecule has 7 nitrogen and oxygen atoms in total. The molecule has 0 bridgehead atoms. The van der Waals surface area contributed by atoms with E-state index in [1.807, 2.05) is 0 Å². The van der Waals surface area contributed by atoms with E-state index in [2.05, 4.69) is 5.32 Å². The first kappa shape index (κ1) is 21.1. The van der Waals surface area contributed by atoms with Gasteiger partial charge < -0.3 is 19.5 Å². The Bertz CT molecular complexity index is 915. The number of piperidine rings is 1. The summed E-state index contributed by atoms with van der Waals surface area (Å²) in [6.45, 7) is 2.36. The fourth-order valence-electron chi connectivity index (χ4n) is 4.33. The van der Waals surface area contributed by atoms with Crippen LogP contribution < -0.4 is 5.32 Å². The van der Waals surface area contributed by atoms with Crippen molar-refractivity contribution in [3.05, 3.63) is 59.8 Å². The Morgan fingerprint density at radius 2 is 1.65 bits per heavy atom. The number of benzene rings is 1. The number of nitrogens with one attached hydrogen (secondary N) is 1. The van der Waals surface area contributed by atoms with Crippen LogP contribution in [0.1, 0.15) is 46.6 Å². The molecule has 0 saturated carbocycles. The summed E-state index contributed by atoms with van der Waals surface area (Å²) in [4.78, 5) is 42.0. The number of amides is 3.